The van der Waals surface area contributed by atoms with Crippen molar-refractivity contribution in [2.45, 2.75) is 316 Å². The summed E-state index contributed by atoms with van der Waals surface area (Å²) >= 11 is 0. The largest absolute Gasteiger partial charge is 0.462 e. The highest BCUT2D eigenvalue weighted by Gasteiger charge is 2.19. The maximum atomic E-state index is 12.9. The molecule has 0 heterocycles. The number of hydrogen-bond donors (Lipinski definition) is 0. The van der Waals surface area contributed by atoms with Gasteiger partial charge in [-0.3, -0.25) is 14.4 Å². The normalized spacial score (nSPS) is 12.6. The van der Waals surface area contributed by atoms with Crippen molar-refractivity contribution < 1.29 is 28.6 Å². The molecule has 0 N–H and O–H groups in total. The van der Waals surface area contributed by atoms with E-state index in [2.05, 4.69) is 106 Å². The molecule has 0 aliphatic heterocycles. The van der Waals surface area contributed by atoms with Crippen molar-refractivity contribution in [1.29, 1.82) is 0 Å². The molecule has 0 aliphatic rings. The molecule has 426 valence electrons. The highest BCUT2D eigenvalue weighted by molar-refractivity contribution is 5.71. The number of allylic oxidation sites excluding steroid dienone is 14. The molecule has 0 aliphatic carbocycles. The lowest BCUT2D eigenvalue weighted by molar-refractivity contribution is -0.167. The van der Waals surface area contributed by atoms with Crippen molar-refractivity contribution in [3.63, 3.8) is 0 Å². The Morgan fingerprint density at radius 1 is 0.284 bits per heavy atom. The minimum atomic E-state index is -0.796. The molecular formula is C68H118O6. The Morgan fingerprint density at radius 2 is 0.527 bits per heavy atom. The smallest absolute Gasteiger partial charge is 0.306 e. The summed E-state index contributed by atoms with van der Waals surface area (Å²) in [4.78, 5) is 38.3. The lowest BCUT2D eigenvalue weighted by Crippen LogP contribution is -2.30. The number of hydrogen-bond acceptors (Lipinski definition) is 6. The topological polar surface area (TPSA) is 78.9 Å². The van der Waals surface area contributed by atoms with E-state index in [4.69, 9.17) is 14.2 Å². The standard InChI is InChI=1S/C68H118O6/c1-4-7-10-13-16-19-22-25-28-31-33-34-35-38-40-43-46-49-52-55-58-61-67(70)73-64-65(63-72-66(69)60-57-54-51-48-45-42-39-36-30-27-24-21-18-15-12-9-6-3)74-68(71)62-59-56-53-50-47-44-41-37-32-29-26-23-20-17-14-11-8-5-2/h7,10,16,19,25,27-28,30,33-34,38,40,46,49,65H,4-6,8-9,11-15,17-18,20-24,26,29,31-32,35-37,39,41-45,47-48,50-64H2,1-3H3/b10-7-,19-16-,28-25-,30-27-,34-33-,40-38-,49-46-. The summed E-state index contributed by atoms with van der Waals surface area (Å²) < 4.78 is 16.9. The molecule has 0 rings (SSSR count). The van der Waals surface area contributed by atoms with Gasteiger partial charge in [0.2, 0.25) is 0 Å². The van der Waals surface area contributed by atoms with Gasteiger partial charge < -0.3 is 14.2 Å². The third-order valence-corrected chi connectivity index (χ3v) is 13.6. The predicted octanol–water partition coefficient (Wildman–Crippen LogP) is 21.5. The highest BCUT2D eigenvalue weighted by atomic mass is 16.6. The average Bonchev–Trinajstić information content (AvgIpc) is 3.40. The van der Waals surface area contributed by atoms with Crippen molar-refractivity contribution in [2.24, 2.45) is 0 Å². The molecule has 0 radical (unpaired) electrons. The van der Waals surface area contributed by atoms with Crippen LogP contribution < -0.4 is 0 Å². The van der Waals surface area contributed by atoms with Gasteiger partial charge >= 0.3 is 17.9 Å². The van der Waals surface area contributed by atoms with Crippen molar-refractivity contribution in [1.82, 2.24) is 0 Å². The van der Waals surface area contributed by atoms with E-state index in [0.29, 0.717) is 19.3 Å². The Hall–Kier alpha value is -3.41. The van der Waals surface area contributed by atoms with Crippen LogP contribution in [0.1, 0.15) is 310 Å². The Balaban J connectivity index is 4.45. The molecule has 0 aromatic heterocycles. The second kappa shape index (κ2) is 62.1. The first-order valence-electron chi connectivity index (χ1n) is 31.6. The number of unbranched alkanes of at least 4 members (excludes halogenated alkanes) is 32. The fourth-order valence-corrected chi connectivity index (χ4v) is 8.91. The maximum absolute atomic E-state index is 12.9. The van der Waals surface area contributed by atoms with Gasteiger partial charge in [-0.1, -0.05) is 279 Å². The molecule has 6 nitrogen and oxygen atoms in total. The summed E-state index contributed by atoms with van der Waals surface area (Å²) in [6, 6.07) is 0. The lowest BCUT2D eigenvalue weighted by Gasteiger charge is -2.18. The summed E-state index contributed by atoms with van der Waals surface area (Å²) in [7, 11) is 0. The molecular weight excluding hydrogens is 913 g/mol. The molecule has 0 aromatic carbocycles. The summed E-state index contributed by atoms with van der Waals surface area (Å²) in [6.07, 6.45) is 81.5. The van der Waals surface area contributed by atoms with E-state index in [0.717, 1.165) is 96.3 Å². The number of carbonyl (C=O) groups excluding carboxylic acids is 3. The van der Waals surface area contributed by atoms with Crippen molar-refractivity contribution in [3.8, 4) is 0 Å². The quantitative estimate of drug-likeness (QED) is 0.0261. The van der Waals surface area contributed by atoms with Gasteiger partial charge in [-0.25, -0.2) is 0 Å². The van der Waals surface area contributed by atoms with Crippen molar-refractivity contribution in [2.75, 3.05) is 13.2 Å². The zero-order valence-electron chi connectivity index (χ0n) is 48.8. The first kappa shape index (κ1) is 70.6. The van der Waals surface area contributed by atoms with Gasteiger partial charge in [0.15, 0.2) is 6.10 Å². The molecule has 0 saturated carbocycles. The van der Waals surface area contributed by atoms with Crippen LogP contribution in [0, 0.1) is 0 Å². The first-order chi connectivity index (χ1) is 36.5. The van der Waals surface area contributed by atoms with E-state index in [1.165, 1.54) is 173 Å². The summed E-state index contributed by atoms with van der Waals surface area (Å²) in [5, 5.41) is 0. The summed E-state index contributed by atoms with van der Waals surface area (Å²) in [5.74, 6) is -0.925. The molecule has 6 heteroatoms. The predicted molar refractivity (Wildman–Crippen MR) is 321 cm³/mol. The van der Waals surface area contributed by atoms with Gasteiger partial charge in [0.05, 0.1) is 0 Å². The fraction of sp³-hybridized carbons (Fsp3) is 0.750. The van der Waals surface area contributed by atoms with E-state index < -0.39 is 6.10 Å². The van der Waals surface area contributed by atoms with Crippen LogP contribution in [0.25, 0.3) is 0 Å². The minimum Gasteiger partial charge on any atom is -0.462 e. The van der Waals surface area contributed by atoms with Gasteiger partial charge in [-0.05, 0) is 96.3 Å². The number of rotatable bonds is 57. The van der Waals surface area contributed by atoms with Crippen LogP contribution in [0.3, 0.4) is 0 Å². The van der Waals surface area contributed by atoms with Gasteiger partial charge in [-0.15, -0.1) is 0 Å². The zero-order chi connectivity index (χ0) is 53.6. The van der Waals surface area contributed by atoms with Gasteiger partial charge in [0, 0.05) is 19.3 Å². The Morgan fingerprint density at radius 3 is 0.865 bits per heavy atom. The molecule has 0 spiro atoms. The van der Waals surface area contributed by atoms with Crippen molar-refractivity contribution in [3.05, 3.63) is 85.1 Å². The number of ether oxygens (including phenoxy) is 3. The van der Waals surface area contributed by atoms with Gasteiger partial charge in [0.1, 0.15) is 13.2 Å². The van der Waals surface area contributed by atoms with Crippen LogP contribution in [0.2, 0.25) is 0 Å². The molecule has 0 aromatic rings. The second-order valence-corrected chi connectivity index (χ2v) is 20.9. The van der Waals surface area contributed by atoms with E-state index in [9.17, 15) is 14.4 Å². The van der Waals surface area contributed by atoms with E-state index in [-0.39, 0.29) is 31.1 Å². The molecule has 1 atom stereocenters. The minimum absolute atomic E-state index is 0.0902. The lowest BCUT2D eigenvalue weighted by atomic mass is 10.0. The molecule has 1 unspecified atom stereocenters. The monoisotopic (exact) mass is 1030 g/mol. The Kier molecular flexibility index (Phi) is 59.3. The van der Waals surface area contributed by atoms with Crippen LogP contribution in [-0.4, -0.2) is 37.2 Å². The van der Waals surface area contributed by atoms with E-state index >= 15 is 0 Å². The first-order valence-corrected chi connectivity index (χ1v) is 31.6. The van der Waals surface area contributed by atoms with E-state index in [1.807, 2.05) is 0 Å². The van der Waals surface area contributed by atoms with Crippen LogP contribution in [0.4, 0.5) is 0 Å². The van der Waals surface area contributed by atoms with Gasteiger partial charge in [0.25, 0.3) is 0 Å². The van der Waals surface area contributed by atoms with Crippen LogP contribution in [-0.2, 0) is 28.6 Å². The highest BCUT2D eigenvalue weighted by Crippen LogP contribution is 2.16. The van der Waals surface area contributed by atoms with Crippen molar-refractivity contribution >= 4 is 17.9 Å². The third kappa shape index (κ3) is 59.5. The molecule has 0 bridgehead atoms. The SMILES string of the molecule is CC/C=C\C/C=C\C/C=C\C/C=C\C/C=C\C/C=C\CCCCC(=O)OCC(COC(=O)CCCCCCCCC/C=C\CCCCCCCC)OC(=O)CCCCCCCCCCCCCCCCCCCC. The molecule has 0 fully saturated rings. The third-order valence-electron chi connectivity index (χ3n) is 13.6. The Bertz CT molecular complexity index is 1420. The van der Waals surface area contributed by atoms with Gasteiger partial charge in [-0.2, -0.15) is 0 Å². The van der Waals surface area contributed by atoms with E-state index in [1.54, 1.807) is 0 Å². The zero-order valence-corrected chi connectivity index (χ0v) is 48.8. The fourth-order valence-electron chi connectivity index (χ4n) is 8.91. The van der Waals surface area contributed by atoms with Crippen LogP contribution in [0.5, 0.6) is 0 Å². The van der Waals surface area contributed by atoms with Crippen LogP contribution in [0.15, 0.2) is 85.1 Å². The molecule has 0 amide bonds. The summed E-state index contributed by atoms with van der Waals surface area (Å²) in [5.41, 5.74) is 0. The average molecular weight is 1030 g/mol. The summed E-state index contributed by atoms with van der Waals surface area (Å²) in [6.45, 7) is 6.52. The molecule has 74 heavy (non-hydrogen) atoms. The second-order valence-electron chi connectivity index (χ2n) is 20.9. The maximum Gasteiger partial charge on any atom is 0.306 e. The molecule has 0 saturated heterocycles. The Labute approximate surface area is 458 Å². The van der Waals surface area contributed by atoms with Crippen LogP contribution >= 0.6 is 0 Å². The number of carbonyl (C=O) groups is 3. The number of esters is 3.